The van der Waals surface area contributed by atoms with Crippen molar-refractivity contribution >= 4 is 17.7 Å². The van der Waals surface area contributed by atoms with E-state index >= 15 is 0 Å². The fraction of sp³-hybridized carbons (Fsp3) is 0.556. The van der Waals surface area contributed by atoms with Crippen molar-refractivity contribution in [1.29, 1.82) is 0 Å². The fourth-order valence-corrected chi connectivity index (χ4v) is 2.02. The van der Waals surface area contributed by atoms with Gasteiger partial charge in [0.1, 0.15) is 11.6 Å². The molecule has 0 aliphatic rings. The maximum Gasteiger partial charge on any atom is 0.408 e. The zero-order valence-corrected chi connectivity index (χ0v) is 15.1. The topological polar surface area (TPSA) is 67.4 Å². The van der Waals surface area contributed by atoms with Crippen molar-refractivity contribution in [3.8, 4) is 0 Å². The van der Waals surface area contributed by atoms with Gasteiger partial charge in [0.05, 0.1) is 0 Å². The van der Waals surface area contributed by atoms with E-state index in [0.717, 1.165) is 11.3 Å². The van der Waals surface area contributed by atoms with Crippen molar-refractivity contribution in [3.05, 3.63) is 29.8 Å². The number of ether oxygens (including phenoxy) is 1. The number of amides is 2. The molecule has 5 nitrogen and oxygen atoms in total. The summed E-state index contributed by atoms with van der Waals surface area (Å²) in [4.78, 5) is 24.7. The first kappa shape index (κ1) is 19.0. The Kier molecular flexibility index (Phi) is 5.81. The molecule has 0 aliphatic carbocycles. The monoisotopic (exact) mass is 320 g/mol. The highest BCUT2D eigenvalue weighted by molar-refractivity contribution is 5.97. The van der Waals surface area contributed by atoms with Crippen LogP contribution in [0.3, 0.4) is 0 Å². The minimum atomic E-state index is -0.711. The Hall–Kier alpha value is -2.04. The summed E-state index contributed by atoms with van der Waals surface area (Å²) in [5.74, 6) is -0.266. The van der Waals surface area contributed by atoms with Crippen LogP contribution in [0.2, 0.25) is 0 Å². The molecule has 0 spiro atoms. The minimum absolute atomic E-state index is 0.266. The van der Waals surface area contributed by atoms with E-state index in [1.807, 2.05) is 52.0 Å². The molecule has 0 saturated heterocycles. The van der Waals surface area contributed by atoms with Crippen LogP contribution >= 0.6 is 0 Å². The molecule has 0 saturated carbocycles. The number of hydrogen-bond donors (Lipinski definition) is 2. The summed E-state index contributed by atoms with van der Waals surface area (Å²) < 4.78 is 5.26. The number of carbonyl (C=O) groups excluding carboxylic acids is 2. The Morgan fingerprint density at radius 2 is 1.61 bits per heavy atom. The summed E-state index contributed by atoms with van der Waals surface area (Å²) in [6, 6.07) is 6.81. The molecule has 0 aliphatic heterocycles. The van der Waals surface area contributed by atoms with Crippen molar-refractivity contribution in [1.82, 2.24) is 5.32 Å². The van der Waals surface area contributed by atoms with Crippen molar-refractivity contribution < 1.29 is 14.3 Å². The van der Waals surface area contributed by atoms with Crippen LogP contribution in [0.4, 0.5) is 10.5 Å². The van der Waals surface area contributed by atoms with Crippen molar-refractivity contribution in [2.24, 2.45) is 5.41 Å². The van der Waals surface area contributed by atoms with E-state index in [2.05, 4.69) is 10.6 Å². The van der Waals surface area contributed by atoms with Crippen molar-refractivity contribution in [2.45, 2.75) is 60.1 Å². The highest BCUT2D eigenvalue weighted by Gasteiger charge is 2.34. The van der Waals surface area contributed by atoms with E-state index in [9.17, 15) is 9.59 Å². The molecule has 0 heterocycles. The third-order valence-electron chi connectivity index (χ3n) is 3.19. The number of anilines is 1. The van der Waals surface area contributed by atoms with Gasteiger partial charge in [-0.2, -0.15) is 0 Å². The molecule has 1 unspecified atom stereocenters. The van der Waals surface area contributed by atoms with E-state index in [-0.39, 0.29) is 5.91 Å². The van der Waals surface area contributed by atoms with Crippen LogP contribution in [0.25, 0.3) is 0 Å². The molecule has 0 aromatic heterocycles. The number of rotatable bonds is 3. The van der Waals surface area contributed by atoms with E-state index < -0.39 is 23.2 Å². The summed E-state index contributed by atoms with van der Waals surface area (Å²) in [7, 11) is 0. The Balaban J connectivity index is 2.88. The second kappa shape index (κ2) is 7.02. The SMILES string of the molecule is Cc1ccccc1NC(=O)C(NC(=O)OC(C)(C)C)C(C)(C)C. The first-order chi connectivity index (χ1) is 10.4. The molecule has 0 bridgehead atoms. The zero-order chi connectivity index (χ0) is 17.8. The first-order valence-electron chi connectivity index (χ1n) is 7.76. The Bertz CT molecular complexity index is 568. The number of aryl methyl sites for hydroxylation is 1. The van der Waals surface area contributed by atoms with Gasteiger partial charge in [-0.1, -0.05) is 39.0 Å². The third-order valence-corrected chi connectivity index (χ3v) is 3.19. The average Bonchev–Trinajstić information content (AvgIpc) is 2.35. The van der Waals surface area contributed by atoms with Gasteiger partial charge in [0.15, 0.2) is 0 Å². The standard InChI is InChI=1S/C18H28N2O3/c1-12-10-8-9-11-13(12)19-15(21)14(17(2,3)4)20-16(22)23-18(5,6)7/h8-11,14H,1-7H3,(H,19,21)(H,20,22). The number of benzene rings is 1. The minimum Gasteiger partial charge on any atom is -0.444 e. The quantitative estimate of drug-likeness (QED) is 0.888. The Morgan fingerprint density at radius 1 is 1.04 bits per heavy atom. The second-order valence-electron chi connectivity index (χ2n) is 7.75. The smallest absolute Gasteiger partial charge is 0.408 e. The van der Waals surface area contributed by atoms with E-state index in [1.54, 1.807) is 20.8 Å². The predicted molar refractivity (Wildman–Crippen MR) is 92.4 cm³/mol. The van der Waals surface area contributed by atoms with Gasteiger partial charge >= 0.3 is 6.09 Å². The average molecular weight is 320 g/mol. The molecule has 0 radical (unpaired) electrons. The normalized spacial score (nSPS) is 13.2. The molecule has 2 amide bonds. The molecule has 1 atom stereocenters. The van der Waals surface area contributed by atoms with Gasteiger partial charge in [-0.25, -0.2) is 4.79 Å². The van der Waals surface area contributed by atoms with Crippen LogP contribution in [0.1, 0.15) is 47.1 Å². The molecule has 1 aromatic rings. The van der Waals surface area contributed by atoms with Crippen molar-refractivity contribution in [3.63, 3.8) is 0 Å². The van der Waals surface area contributed by atoms with Gasteiger partial charge in [0.2, 0.25) is 5.91 Å². The zero-order valence-electron chi connectivity index (χ0n) is 15.1. The number of alkyl carbamates (subject to hydrolysis) is 1. The van der Waals surface area contributed by atoms with Crippen LogP contribution in [0, 0.1) is 12.3 Å². The van der Waals surface area contributed by atoms with Crippen LogP contribution < -0.4 is 10.6 Å². The molecule has 2 N–H and O–H groups in total. The van der Waals surface area contributed by atoms with Crippen LogP contribution in [-0.2, 0) is 9.53 Å². The summed E-state index contributed by atoms with van der Waals surface area (Å²) in [6.45, 7) is 13.0. The highest BCUT2D eigenvalue weighted by atomic mass is 16.6. The van der Waals surface area contributed by atoms with Crippen LogP contribution in [0.5, 0.6) is 0 Å². The number of carbonyl (C=O) groups is 2. The van der Waals surface area contributed by atoms with Crippen molar-refractivity contribution in [2.75, 3.05) is 5.32 Å². The highest BCUT2D eigenvalue weighted by Crippen LogP contribution is 2.22. The predicted octanol–water partition coefficient (Wildman–Crippen LogP) is 3.87. The lowest BCUT2D eigenvalue weighted by molar-refractivity contribution is -0.120. The van der Waals surface area contributed by atoms with Crippen LogP contribution in [0.15, 0.2) is 24.3 Å². The molecule has 5 heteroatoms. The Morgan fingerprint density at radius 3 is 2.09 bits per heavy atom. The number of para-hydroxylation sites is 1. The summed E-state index contributed by atoms with van der Waals surface area (Å²) in [5, 5.41) is 5.56. The number of nitrogens with one attached hydrogen (secondary N) is 2. The molecule has 1 rings (SSSR count). The lowest BCUT2D eigenvalue weighted by atomic mass is 9.86. The van der Waals surface area contributed by atoms with Crippen LogP contribution in [-0.4, -0.2) is 23.6 Å². The third kappa shape index (κ3) is 6.30. The molecule has 0 fully saturated rings. The maximum absolute atomic E-state index is 12.6. The van der Waals surface area contributed by atoms with Gasteiger partial charge in [-0.05, 0) is 44.7 Å². The summed E-state index contributed by atoms with van der Waals surface area (Å²) in [5.41, 5.74) is 0.631. The molecule has 128 valence electrons. The molecule has 23 heavy (non-hydrogen) atoms. The number of hydrogen-bond acceptors (Lipinski definition) is 3. The van der Waals surface area contributed by atoms with Gasteiger partial charge in [0, 0.05) is 5.69 Å². The lowest BCUT2D eigenvalue weighted by Gasteiger charge is -2.31. The first-order valence-corrected chi connectivity index (χ1v) is 7.76. The Labute approximate surface area is 138 Å². The van der Waals surface area contributed by atoms with Gasteiger partial charge < -0.3 is 15.4 Å². The van der Waals surface area contributed by atoms with Gasteiger partial charge in [-0.15, -0.1) is 0 Å². The second-order valence-corrected chi connectivity index (χ2v) is 7.75. The van der Waals surface area contributed by atoms with E-state index in [1.165, 1.54) is 0 Å². The molecule has 1 aromatic carbocycles. The van der Waals surface area contributed by atoms with Gasteiger partial charge in [0.25, 0.3) is 0 Å². The van der Waals surface area contributed by atoms with Gasteiger partial charge in [-0.3, -0.25) is 4.79 Å². The molecular formula is C18H28N2O3. The van der Waals surface area contributed by atoms with E-state index in [4.69, 9.17) is 4.74 Å². The largest absolute Gasteiger partial charge is 0.444 e. The fourth-order valence-electron chi connectivity index (χ4n) is 2.02. The summed E-state index contributed by atoms with van der Waals surface area (Å²) in [6.07, 6.45) is -0.600. The van der Waals surface area contributed by atoms with E-state index in [0.29, 0.717) is 0 Å². The molecular weight excluding hydrogens is 292 g/mol. The summed E-state index contributed by atoms with van der Waals surface area (Å²) >= 11 is 0. The maximum atomic E-state index is 12.6. The lowest BCUT2D eigenvalue weighted by Crippen LogP contribution is -2.52.